The number of para-hydroxylation sites is 1. The van der Waals surface area contributed by atoms with Gasteiger partial charge in [0.15, 0.2) is 9.84 Å². The summed E-state index contributed by atoms with van der Waals surface area (Å²) in [5.74, 6) is -0.116. The Kier molecular flexibility index (Phi) is 10.5. The zero-order chi connectivity index (χ0) is 23.4. The number of anilines is 1. The van der Waals surface area contributed by atoms with Gasteiger partial charge in [0, 0.05) is 45.5 Å². The first kappa shape index (κ1) is 25.7. The fraction of sp³-hybridized carbons (Fsp3) is 0.458. The average molecular weight is 461 g/mol. The van der Waals surface area contributed by atoms with Crippen LogP contribution in [0, 0.1) is 0 Å². The molecule has 0 bridgehead atoms. The fourth-order valence-corrected chi connectivity index (χ4v) is 4.61. The Morgan fingerprint density at radius 2 is 1.44 bits per heavy atom. The van der Waals surface area contributed by atoms with Crippen LogP contribution in [-0.2, 0) is 9.84 Å². The summed E-state index contributed by atoms with van der Waals surface area (Å²) >= 11 is 0. The van der Waals surface area contributed by atoms with Gasteiger partial charge in [0.05, 0.1) is 10.6 Å². The van der Waals surface area contributed by atoms with E-state index in [9.17, 15) is 13.2 Å². The van der Waals surface area contributed by atoms with Crippen LogP contribution >= 0.6 is 0 Å². The molecule has 2 rings (SSSR count). The van der Waals surface area contributed by atoms with Gasteiger partial charge in [-0.2, -0.15) is 0 Å². The molecule has 2 aromatic rings. The van der Waals surface area contributed by atoms with E-state index in [2.05, 4.69) is 29.0 Å². The highest BCUT2D eigenvalue weighted by Gasteiger charge is 2.20. The molecule has 2 aromatic carbocycles. The van der Waals surface area contributed by atoms with Gasteiger partial charge < -0.3 is 20.0 Å². The number of sulfone groups is 1. The Morgan fingerprint density at radius 3 is 2.03 bits per heavy atom. The van der Waals surface area contributed by atoms with Gasteiger partial charge in [-0.1, -0.05) is 50.2 Å². The molecule has 8 heteroatoms. The minimum absolute atomic E-state index is 0.116. The summed E-state index contributed by atoms with van der Waals surface area (Å²) in [4.78, 5) is 19.1. The first-order valence-electron chi connectivity index (χ1n) is 11.2. The van der Waals surface area contributed by atoms with Gasteiger partial charge in [-0.15, -0.1) is 0 Å². The molecule has 0 atom stereocenters. The van der Waals surface area contributed by atoms with Crippen molar-refractivity contribution in [2.24, 2.45) is 0 Å². The van der Waals surface area contributed by atoms with Crippen LogP contribution in [0.1, 0.15) is 13.8 Å². The molecule has 1 N–H and O–H groups in total. The van der Waals surface area contributed by atoms with Gasteiger partial charge in [-0.3, -0.25) is 0 Å². The SMILES string of the molecule is CCN(CC)CCNC(=O)N(CCN(C)c1ccccc1)CCS(=O)(=O)c1ccccc1. The number of amides is 2. The molecular formula is C24H36N4O3S. The molecule has 0 unspecified atom stereocenters. The van der Waals surface area contributed by atoms with Gasteiger partial charge in [0.2, 0.25) is 0 Å². The largest absolute Gasteiger partial charge is 0.373 e. The van der Waals surface area contributed by atoms with Crippen molar-refractivity contribution in [3.63, 3.8) is 0 Å². The molecule has 0 saturated carbocycles. The van der Waals surface area contributed by atoms with Crippen molar-refractivity contribution in [2.45, 2.75) is 18.7 Å². The molecule has 0 fully saturated rings. The smallest absolute Gasteiger partial charge is 0.317 e. The Balaban J connectivity index is 2.01. The van der Waals surface area contributed by atoms with Crippen molar-refractivity contribution in [3.05, 3.63) is 60.7 Å². The third kappa shape index (κ3) is 8.16. The second-order valence-electron chi connectivity index (χ2n) is 7.63. The van der Waals surface area contributed by atoms with E-state index in [4.69, 9.17) is 0 Å². The molecule has 0 saturated heterocycles. The number of likely N-dealkylation sites (N-methyl/N-ethyl adjacent to an activating group) is 2. The third-order valence-corrected chi connectivity index (χ3v) is 7.23. The molecule has 7 nitrogen and oxygen atoms in total. The third-order valence-electron chi connectivity index (χ3n) is 5.52. The van der Waals surface area contributed by atoms with E-state index in [1.807, 2.05) is 37.4 Å². The molecular weight excluding hydrogens is 424 g/mol. The lowest BCUT2D eigenvalue weighted by molar-refractivity contribution is 0.199. The van der Waals surface area contributed by atoms with Gasteiger partial charge >= 0.3 is 6.03 Å². The normalized spacial score (nSPS) is 11.4. The second kappa shape index (κ2) is 13.1. The predicted molar refractivity (Wildman–Crippen MR) is 131 cm³/mol. The molecule has 0 aliphatic rings. The van der Waals surface area contributed by atoms with E-state index in [0.29, 0.717) is 19.6 Å². The molecule has 0 radical (unpaired) electrons. The summed E-state index contributed by atoms with van der Waals surface area (Å²) in [6, 6.07) is 18.1. The monoisotopic (exact) mass is 460 g/mol. The minimum atomic E-state index is -3.46. The number of carbonyl (C=O) groups is 1. The zero-order valence-electron chi connectivity index (χ0n) is 19.4. The number of benzene rings is 2. The van der Waals surface area contributed by atoms with Crippen molar-refractivity contribution < 1.29 is 13.2 Å². The second-order valence-corrected chi connectivity index (χ2v) is 9.74. The van der Waals surface area contributed by atoms with Crippen LogP contribution in [0.15, 0.2) is 65.6 Å². The maximum absolute atomic E-state index is 12.9. The van der Waals surface area contributed by atoms with Crippen molar-refractivity contribution in [3.8, 4) is 0 Å². The molecule has 0 aliphatic heterocycles. The van der Waals surface area contributed by atoms with Crippen LogP contribution in [-0.4, -0.2) is 82.9 Å². The van der Waals surface area contributed by atoms with Crippen LogP contribution in [0.25, 0.3) is 0 Å². The lowest BCUT2D eigenvalue weighted by atomic mass is 10.3. The number of nitrogens with zero attached hydrogens (tertiary/aromatic N) is 3. The van der Waals surface area contributed by atoms with E-state index in [1.165, 1.54) is 0 Å². The Hall–Kier alpha value is -2.58. The van der Waals surface area contributed by atoms with Crippen LogP contribution < -0.4 is 10.2 Å². The molecule has 176 valence electrons. The van der Waals surface area contributed by atoms with Crippen molar-refractivity contribution >= 4 is 21.6 Å². The predicted octanol–water partition coefficient (Wildman–Crippen LogP) is 2.95. The van der Waals surface area contributed by atoms with Crippen LogP contribution in [0.4, 0.5) is 10.5 Å². The summed E-state index contributed by atoms with van der Waals surface area (Å²) in [5.41, 5.74) is 1.05. The van der Waals surface area contributed by atoms with E-state index in [1.54, 1.807) is 35.2 Å². The Labute approximate surface area is 192 Å². The quantitative estimate of drug-likeness (QED) is 0.498. The van der Waals surface area contributed by atoms with Crippen LogP contribution in [0.5, 0.6) is 0 Å². The van der Waals surface area contributed by atoms with Gasteiger partial charge in [-0.05, 0) is 37.4 Å². The highest BCUT2D eigenvalue weighted by Crippen LogP contribution is 2.12. The first-order valence-corrected chi connectivity index (χ1v) is 12.8. The molecule has 0 heterocycles. The molecule has 0 aliphatic carbocycles. The lowest BCUT2D eigenvalue weighted by Gasteiger charge is -2.27. The summed E-state index contributed by atoms with van der Waals surface area (Å²) < 4.78 is 25.4. The average Bonchev–Trinajstić information content (AvgIpc) is 2.82. The molecule has 0 spiro atoms. The number of nitrogens with one attached hydrogen (secondary N) is 1. The van der Waals surface area contributed by atoms with E-state index < -0.39 is 9.84 Å². The Morgan fingerprint density at radius 1 is 0.844 bits per heavy atom. The lowest BCUT2D eigenvalue weighted by Crippen LogP contribution is -2.47. The van der Waals surface area contributed by atoms with Crippen LogP contribution in [0.3, 0.4) is 0 Å². The minimum Gasteiger partial charge on any atom is -0.373 e. The van der Waals surface area contributed by atoms with Crippen molar-refractivity contribution in [1.29, 1.82) is 0 Å². The summed E-state index contributed by atoms with van der Waals surface area (Å²) in [6.07, 6.45) is 0. The summed E-state index contributed by atoms with van der Waals surface area (Å²) in [6.45, 7) is 8.47. The maximum Gasteiger partial charge on any atom is 0.317 e. The summed E-state index contributed by atoms with van der Waals surface area (Å²) in [5, 5.41) is 2.95. The van der Waals surface area contributed by atoms with Crippen molar-refractivity contribution in [2.75, 3.05) is 63.5 Å². The van der Waals surface area contributed by atoms with E-state index in [0.717, 1.165) is 25.3 Å². The molecule has 32 heavy (non-hydrogen) atoms. The van der Waals surface area contributed by atoms with Crippen LogP contribution in [0.2, 0.25) is 0 Å². The molecule has 2 amide bonds. The topological polar surface area (TPSA) is 73.0 Å². The number of rotatable bonds is 13. The van der Waals surface area contributed by atoms with E-state index >= 15 is 0 Å². The van der Waals surface area contributed by atoms with Crippen molar-refractivity contribution in [1.82, 2.24) is 15.1 Å². The summed E-state index contributed by atoms with van der Waals surface area (Å²) in [7, 11) is -1.50. The highest BCUT2D eigenvalue weighted by molar-refractivity contribution is 7.91. The fourth-order valence-electron chi connectivity index (χ4n) is 3.35. The highest BCUT2D eigenvalue weighted by atomic mass is 32.2. The Bertz CT molecular complexity index is 903. The standard InChI is InChI=1S/C24H36N4O3S/c1-4-27(5-2)17-16-25-24(29)28(19-18-26(3)22-12-8-6-9-13-22)20-21-32(30,31)23-14-10-7-11-15-23/h6-15H,4-5,16-21H2,1-3H3,(H,25,29). The van der Waals surface area contributed by atoms with Gasteiger partial charge in [-0.25, -0.2) is 13.2 Å². The molecule has 0 aromatic heterocycles. The maximum atomic E-state index is 12.9. The number of hydrogen-bond acceptors (Lipinski definition) is 5. The number of urea groups is 1. The van der Waals surface area contributed by atoms with Gasteiger partial charge in [0.25, 0.3) is 0 Å². The zero-order valence-corrected chi connectivity index (χ0v) is 20.2. The van der Waals surface area contributed by atoms with Gasteiger partial charge in [0.1, 0.15) is 0 Å². The number of hydrogen-bond donors (Lipinski definition) is 1. The first-order chi connectivity index (χ1) is 15.4. The van der Waals surface area contributed by atoms with E-state index in [-0.39, 0.29) is 23.2 Å². The number of carbonyl (C=O) groups excluding carboxylic acids is 1.